The van der Waals surface area contributed by atoms with Gasteiger partial charge < -0.3 is 5.73 Å². The zero-order chi connectivity index (χ0) is 32.1. The second-order valence-electron chi connectivity index (χ2n) is 12.0. The first kappa shape index (κ1) is 31.7. The fourth-order valence-electron chi connectivity index (χ4n) is 6.10. The Morgan fingerprint density at radius 1 is 1.07 bits per heavy atom. The number of nitrogens with zero attached hydrogens (tertiary/aromatic N) is 2. The number of Topliss-reactive ketones (excluding diaryl/α,β-unsaturated/α-hetero) is 1. The van der Waals surface area contributed by atoms with Crippen LogP contribution in [0.15, 0.2) is 82.2 Å². The van der Waals surface area contributed by atoms with Crippen LogP contribution in [0, 0.1) is 36.4 Å². The topological polar surface area (TPSA) is 70.1 Å². The molecule has 44 heavy (non-hydrogen) atoms. The number of nitrogens with two attached hydrogens (primary N) is 1. The molecule has 1 unspecified atom stereocenters. The Balaban J connectivity index is 1.71. The van der Waals surface area contributed by atoms with Crippen molar-refractivity contribution in [3.63, 3.8) is 0 Å². The fourth-order valence-corrected chi connectivity index (χ4v) is 7.23. The van der Waals surface area contributed by atoms with Crippen molar-refractivity contribution >= 4 is 34.8 Å². The van der Waals surface area contributed by atoms with Crippen molar-refractivity contribution in [2.45, 2.75) is 63.3 Å². The molecule has 228 valence electrons. The summed E-state index contributed by atoms with van der Waals surface area (Å²) in [4.78, 5) is 16.1. The van der Waals surface area contributed by atoms with Gasteiger partial charge in [0.05, 0.1) is 28.8 Å². The van der Waals surface area contributed by atoms with Crippen LogP contribution in [-0.4, -0.2) is 5.78 Å². The number of carbonyl (C=O) groups excluding carboxylic acids is 1. The Morgan fingerprint density at radius 2 is 1.75 bits per heavy atom. The number of ketones is 1. The third kappa shape index (κ3) is 5.98. The maximum Gasteiger partial charge on any atom is 0.418 e. The summed E-state index contributed by atoms with van der Waals surface area (Å²) in [5.41, 5.74) is 8.87. The molecule has 0 fully saturated rings. The van der Waals surface area contributed by atoms with E-state index in [0.29, 0.717) is 17.0 Å². The van der Waals surface area contributed by atoms with Crippen LogP contribution in [0.4, 0.5) is 23.2 Å². The van der Waals surface area contributed by atoms with Crippen LogP contribution in [0.5, 0.6) is 0 Å². The van der Waals surface area contributed by atoms with Crippen LogP contribution in [0.2, 0.25) is 5.02 Å². The SMILES string of the molecule is Cc1cc(C)c(C2C(C#N)=C(N)N(c3ccc(Cl)cc3C(F)(F)F)C3=C2C(=O)CC(C)(C)C3)cc1CSc1ccc(F)cc1. The van der Waals surface area contributed by atoms with Gasteiger partial charge in [-0.2, -0.15) is 18.4 Å². The highest BCUT2D eigenvalue weighted by atomic mass is 35.5. The first-order valence-electron chi connectivity index (χ1n) is 13.9. The quantitative estimate of drug-likeness (QED) is 0.223. The van der Waals surface area contributed by atoms with E-state index in [1.807, 2.05) is 39.8 Å². The minimum atomic E-state index is -4.77. The predicted molar refractivity (Wildman–Crippen MR) is 165 cm³/mol. The maximum absolute atomic E-state index is 14.3. The van der Waals surface area contributed by atoms with Crippen molar-refractivity contribution < 1.29 is 22.4 Å². The number of rotatable bonds is 5. The van der Waals surface area contributed by atoms with Gasteiger partial charge in [0, 0.05) is 33.4 Å². The summed E-state index contributed by atoms with van der Waals surface area (Å²) in [6.07, 6.45) is -4.34. The highest BCUT2D eigenvalue weighted by Crippen LogP contribution is 2.52. The molecule has 5 rings (SSSR count). The Bertz CT molecular complexity index is 1770. The van der Waals surface area contributed by atoms with E-state index >= 15 is 0 Å². The minimum absolute atomic E-state index is 0.00368. The number of benzene rings is 3. The van der Waals surface area contributed by atoms with Crippen LogP contribution < -0.4 is 10.6 Å². The first-order valence-corrected chi connectivity index (χ1v) is 15.3. The van der Waals surface area contributed by atoms with E-state index < -0.39 is 23.1 Å². The molecule has 0 aromatic heterocycles. The van der Waals surface area contributed by atoms with E-state index in [4.69, 9.17) is 17.3 Å². The summed E-state index contributed by atoms with van der Waals surface area (Å²) in [5, 5.41) is 10.4. The lowest BCUT2D eigenvalue weighted by atomic mass is 9.68. The molecule has 0 saturated heterocycles. The number of aryl methyl sites for hydroxylation is 2. The molecule has 1 heterocycles. The zero-order valence-electron chi connectivity index (χ0n) is 24.6. The van der Waals surface area contributed by atoms with E-state index in [-0.39, 0.29) is 52.1 Å². The number of nitriles is 1. The number of alkyl halides is 3. The zero-order valence-corrected chi connectivity index (χ0v) is 26.1. The molecule has 0 spiro atoms. The number of carbonyl (C=O) groups is 1. The number of halogens is 5. The van der Waals surface area contributed by atoms with E-state index in [1.54, 1.807) is 12.1 Å². The molecule has 2 N–H and O–H groups in total. The van der Waals surface area contributed by atoms with Gasteiger partial charge in [0.25, 0.3) is 0 Å². The lowest BCUT2D eigenvalue weighted by Crippen LogP contribution is -2.42. The van der Waals surface area contributed by atoms with Crippen molar-refractivity contribution in [2.75, 3.05) is 4.90 Å². The van der Waals surface area contributed by atoms with Crippen molar-refractivity contribution in [1.29, 1.82) is 5.26 Å². The predicted octanol–water partition coefficient (Wildman–Crippen LogP) is 9.35. The van der Waals surface area contributed by atoms with Gasteiger partial charge >= 0.3 is 6.18 Å². The van der Waals surface area contributed by atoms with Crippen LogP contribution in [0.3, 0.4) is 0 Å². The Morgan fingerprint density at radius 3 is 2.39 bits per heavy atom. The lowest BCUT2D eigenvalue weighted by Gasteiger charge is -2.44. The summed E-state index contributed by atoms with van der Waals surface area (Å²) in [7, 11) is 0. The highest BCUT2D eigenvalue weighted by molar-refractivity contribution is 7.98. The van der Waals surface area contributed by atoms with E-state index in [9.17, 15) is 27.6 Å². The summed E-state index contributed by atoms with van der Waals surface area (Å²) in [5.74, 6) is -1.04. The molecule has 2 aliphatic rings. The van der Waals surface area contributed by atoms with E-state index in [1.165, 1.54) is 40.9 Å². The molecule has 10 heteroatoms. The number of anilines is 1. The summed E-state index contributed by atoms with van der Waals surface area (Å²) in [6, 6.07) is 15.7. The molecule has 0 saturated carbocycles. The fraction of sp³-hybridized carbons (Fsp3) is 0.294. The molecule has 0 amide bonds. The second-order valence-corrected chi connectivity index (χ2v) is 13.5. The van der Waals surface area contributed by atoms with Crippen molar-refractivity contribution in [1.82, 2.24) is 0 Å². The molecule has 1 aliphatic heterocycles. The van der Waals surface area contributed by atoms with Gasteiger partial charge in [-0.3, -0.25) is 9.69 Å². The van der Waals surface area contributed by atoms with Crippen LogP contribution in [0.25, 0.3) is 0 Å². The van der Waals surface area contributed by atoms with Gasteiger partial charge in [-0.25, -0.2) is 4.39 Å². The molecule has 1 atom stereocenters. The standard InChI is InChI=1S/C34H30ClF4N3OS/c1-18-11-19(2)24(12-20(18)17-44-23-8-6-22(36)7-9-23)30-25(16-40)32(41)42(28-14-33(3,4)15-29(43)31(28)30)27-10-5-21(35)13-26(27)34(37,38)39/h5-13,30H,14-15,17,41H2,1-4H3. The number of thioether (sulfide) groups is 1. The van der Waals surface area contributed by atoms with Crippen molar-refractivity contribution in [3.05, 3.63) is 116 Å². The second kappa shape index (κ2) is 11.6. The van der Waals surface area contributed by atoms with E-state index in [0.717, 1.165) is 27.7 Å². The van der Waals surface area contributed by atoms with Gasteiger partial charge in [0.2, 0.25) is 0 Å². The van der Waals surface area contributed by atoms with Gasteiger partial charge in [0.1, 0.15) is 11.6 Å². The van der Waals surface area contributed by atoms with Crippen LogP contribution in [0.1, 0.15) is 60.4 Å². The largest absolute Gasteiger partial charge is 0.418 e. The molecule has 0 radical (unpaired) electrons. The summed E-state index contributed by atoms with van der Waals surface area (Å²) in [6.45, 7) is 7.62. The molecule has 3 aromatic carbocycles. The Labute approximate surface area is 263 Å². The number of allylic oxidation sites excluding steroid dienone is 3. The first-order chi connectivity index (χ1) is 20.6. The average molecular weight is 640 g/mol. The highest BCUT2D eigenvalue weighted by Gasteiger charge is 2.47. The van der Waals surface area contributed by atoms with E-state index in [2.05, 4.69) is 6.07 Å². The third-order valence-electron chi connectivity index (χ3n) is 8.13. The molecule has 0 bridgehead atoms. The average Bonchev–Trinajstić information content (AvgIpc) is 2.92. The van der Waals surface area contributed by atoms with Crippen LogP contribution >= 0.6 is 23.4 Å². The Kier molecular flexibility index (Phi) is 8.38. The molecular formula is C34H30ClF4N3OS. The smallest absolute Gasteiger partial charge is 0.384 e. The summed E-state index contributed by atoms with van der Waals surface area (Å²) >= 11 is 7.50. The normalized spacial score (nSPS) is 18.4. The minimum Gasteiger partial charge on any atom is -0.384 e. The molecule has 3 aromatic rings. The molecular weight excluding hydrogens is 610 g/mol. The molecule has 1 aliphatic carbocycles. The number of hydrogen-bond acceptors (Lipinski definition) is 5. The van der Waals surface area contributed by atoms with Crippen LogP contribution in [-0.2, 0) is 16.7 Å². The molecule has 4 nitrogen and oxygen atoms in total. The van der Waals surface area contributed by atoms with Crippen molar-refractivity contribution in [3.8, 4) is 6.07 Å². The lowest BCUT2D eigenvalue weighted by molar-refractivity contribution is -0.137. The summed E-state index contributed by atoms with van der Waals surface area (Å²) < 4.78 is 56.4. The van der Waals surface area contributed by atoms with Gasteiger partial charge in [-0.15, -0.1) is 11.8 Å². The Hall–Kier alpha value is -3.74. The third-order valence-corrected chi connectivity index (χ3v) is 9.43. The van der Waals surface area contributed by atoms with Gasteiger partial charge in [0.15, 0.2) is 5.78 Å². The monoisotopic (exact) mass is 639 g/mol. The number of hydrogen-bond donors (Lipinski definition) is 1. The van der Waals surface area contributed by atoms with Gasteiger partial charge in [-0.1, -0.05) is 37.6 Å². The maximum atomic E-state index is 14.3. The van der Waals surface area contributed by atoms with Gasteiger partial charge in [-0.05, 0) is 90.4 Å². The van der Waals surface area contributed by atoms with Crippen molar-refractivity contribution in [2.24, 2.45) is 11.1 Å².